The fourth-order valence-corrected chi connectivity index (χ4v) is 4.00. The van der Waals surface area contributed by atoms with Gasteiger partial charge in [0.2, 0.25) is 4.96 Å². The maximum atomic E-state index is 5.69. The molecule has 0 bridgehead atoms. The third-order valence-corrected chi connectivity index (χ3v) is 5.11. The summed E-state index contributed by atoms with van der Waals surface area (Å²) >= 11 is 1.66. The van der Waals surface area contributed by atoms with Crippen LogP contribution in [-0.2, 0) is 4.74 Å². The van der Waals surface area contributed by atoms with Gasteiger partial charge in [0.05, 0.1) is 0 Å². The molecule has 3 atom stereocenters. The first-order valence-electron chi connectivity index (χ1n) is 6.87. The Balaban J connectivity index is 1.71. The van der Waals surface area contributed by atoms with E-state index in [1.165, 1.54) is 5.01 Å². The molecule has 2 fully saturated rings. The van der Waals surface area contributed by atoms with Crippen LogP contribution in [0.3, 0.4) is 0 Å². The number of ether oxygens (including phenoxy) is 1. The van der Waals surface area contributed by atoms with Gasteiger partial charge in [-0.25, -0.2) is 0 Å². The topological polar surface area (TPSA) is 64.3 Å². The average Bonchev–Trinajstić information content (AvgIpc) is 3.10. The number of aromatic nitrogens is 4. The van der Waals surface area contributed by atoms with Crippen molar-refractivity contribution in [3.8, 4) is 0 Å². The van der Waals surface area contributed by atoms with Crippen LogP contribution < -0.4 is 5.32 Å². The van der Waals surface area contributed by atoms with Crippen LogP contribution in [0.1, 0.15) is 42.6 Å². The minimum Gasteiger partial charge on any atom is -0.370 e. The van der Waals surface area contributed by atoms with E-state index in [0.29, 0.717) is 11.8 Å². The number of nitrogens with one attached hydrogen (secondary N) is 1. The molecule has 4 rings (SSSR count). The Kier molecular flexibility index (Phi) is 2.78. The molecule has 0 aliphatic carbocycles. The first kappa shape index (κ1) is 11.7. The standard InChI is InChI=1S/C12H17N5OS/c1-7-5-13-6-8(7)11-16-17-10(9-3-2-4-18-9)14-15-12(17)19-11/h7-9,13H,2-6H2,1H3/t7-,8-,9?/m1/s1. The molecule has 6 nitrogen and oxygen atoms in total. The zero-order chi connectivity index (χ0) is 12.8. The maximum absolute atomic E-state index is 5.69. The predicted molar refractivity (Wildman–Crippen MR) is 71.4 cm³/mol. The zero-order valence-corrected chi connectivity index (χ0v) is 11.7. The van der Waals surface area contributed by atoms with Gasteiger partial charge in [-0.2, -0.15) is 9.61 Å². The molecule has 0 saturated carbocycles. The second kappa shape index (κ2) is 4.50. The number of rotatable bonds is 2. The Hall–Kier alpha value is -1.05. The van der Waals surface area contributed by atoms with E-state index < -0.39 is 0 Å². The summed E-state index contributed by atoms with van der Waals surface area (Å²) in [6.45, 7) is 5.18. The van der Waals surface area contributed by atoms with Gasteiger partial charge in [0.15, 0.2) is 5.82 Å². The first-order valence-corrected chi connectivity index (χ1v) is 7.69. The molecule has 2 saturated heterocycles. The van der Waals surface area contributed by atoms with E-state index in [-0.39, 0.29) is 6.10 Å². The molecule has 0 radical (unpaired) electrons. The molecule has 0 spiro atoms. The molecule has 7 heteroatoms. The lowest BCUT2D eigenvalue weighted by Crippen LogP contribution is -2.09. The lowest BCUT2D eigenvalue weighted by molar-refractivity contribution is 0.103. The van der Waals surface area contributed by atoms with Crippen LogP contribution >= 0.6 is 11.3 Å². The van der Waals surface area contributed by atoms with Crippen molar-refractivity contribution in [2.24, 2.45) is 5.92 Å². The first-order chi connectivity index (χ1) is 9.33. The van der Waals surface area contributed by atoms with Crippen molar-refractivity contribution in [2.45, 2.75) is 31.8 Å². The van der Waals surface area contributed by atoms with Gasteiger partial charge in [0, 0.05) is 19.1 Å². The molecule has 2 aromatic rings. The Morgan fingerprint density at radius 3 is 3.05 bits per heavy atom. The monoisotopic (exact) mass is 279 g/mol. The predicted octanol–water partition coefficient (Wildman–Crippen LogP) is 1.36. The number of hydrogen-bond donors (Lipinski definition) is 1. The van der Waals surface area contributed by atoms with Crippen LogP contribution in [0.4, 0.5) is 0 Å². The smallest absolute Gasteiger partial charge is 0.234 e. The Bertz CT molecular complexity index is 588. The van der Waals surface area contributed by atoms with Crippen molar-refractivity contribution < 1.29 is 4.74 Å². The van der Waals surface area contributed by atoms with E-state index in [2.05, 4.69) is 22.4 Å². The van der Waals surface area contributed by atoms with Crippen molar-refractivity contribution in [2.75, 3.05) is 19.7 Å². The number of fused-ring (bicyclic) bond motifs is 1. The van der Waals surface area contributed by atoms with Gasteiger partial charge in [-0.3, -0.25) is 0 Å². The summed E-state index contributed by atoms with van der Waals surface area (Å²) in [7, 11) is 0. The highest BCUT2D eigenvalue weighted by Gasteiger charge is 2.30. The summed E-state index contributed by atoms with van der Waals surface area (Å²) in [5.74, 6) is 2.01. The molecule has 1 unspecified atom stereocenters. The van der Waals surface area contributed by atoms with Crippen LogP contribution in [0, 0.1) is 5.92 Å². The van der Waals surface area contributed by atoms with Gasteiger partial charge in [-0.15, -0.1) is 10.2 Å². The lowest BCUT2D eigenvalue weighted by atomic mass is 9.99. The maximum Gasteiger partial charge on any atom is 0.234 e. The Labute approximate surface area is 115 Å². The van der Waals surface area contributed by atoms with E-state index in [4.69, 9.17) is 9.84 Å². The highest BCUT2D eigenvalue weighted by Crippen LogP contribution is 2.33. The largest absolute Gasteiger partial charge is 0.370 e. The van der Waals surface area contributed by atoms with E-state index in [1.54, 1.807) is 11.3 Å². The second-order valence-corrected chi connectivity index (χ2v) is 6.42. The molecule has 4 heterocycles. The SMILES string of the molecule is C[C@@H]1CNC[C@H]1c1nn2c(C3CCCO3)nnc2s1. The van der Waals surface area contributed by atoms with Gasteiger partial charge in [-0.05, 0) is 25.3 Å². The third-order valence-electron chi connectivity index (χ3n) is 4.08. The average molecular weight is 279 g/mol. The highest BCUT2D eigenvalue weighted by molar-refractivity contribution is 7.16. The van der Waals surface area contributed by atoms with Crippen LogP contribution in [-0.4, -0.2) is 39.5 Å². The molecule has 2 aromatic heterocycles. The summed E-state index contributed by atoms with van der Waals surface area (Å²) < 4.78 is 7.58. The van der Waals surface area contributed by atoms with E-state index in [0.717, 1.165) is 43.3 Å². The summed E-state index contributed by atoms with van der Waals surface area (Å²) in [6.07, 6.45) is 2.19. The summed E-state index contributed by atoms with van der Waals surface area (Å²) in [5, 5.41) is 17.8. The quantitative estimate of drug-likeness (QED) is 0.899. The minimum atomic E-state index is 0.0732. The molecule has 102 valence electrons. The van der Waals surface area contributed by atoms with Crippen LogP contribution in [0.5, 0.6) is 0 Å². The molecule has 2 aliphatic heterocycles. The van der Waals surface area contributed by atoms with Gasteiger partial charge in [0.1, 0.15) is 11.1 Å². The number of nitrogens with zero attached hydrogens (tertiary/aromatic N) is 4. The normalized spacial score (nSPS) is 31.5. The third kappa shape index (κ3) is 1.87. The van der Waals surface area contributed by atoms with Gasteiger partial charge in [0.25, 0.3) is 0 Å². The van der Waals surface area contributed by atoms with Crippen LogP contribution in [0.15, 0.2) is 0 Å². The van der Waals surface area contributed by atoms with Crippen LogP contribution in [0.2, 0.25) is 0 Å². The molecule has 19 heavy (non-hydrogen) atoms. The lowest BCUT2D eigenvalue weighted by Gasteiger charge is -2.09. The number of hydrogen-bond acceptors (Lipinski definition) is 6. The second-order valence-electron chi connectivity index (χ2n) is 5.44. The summed E-state index contributed by atoms with van der Waals surface area (Å²) in [5.41, 5.74) is 0. The zero-order valence-electron chi connectivity index (χ0n) is 10.9. The summed E-state index contributed by atoms with van der Waals surface area (Å²) in [4.78, 5) is 0.889. The van der Waals surface area contributed by atoms with Crippen molar-refractivity contribution in [1.82, 2.24) is 25.1 Å². The molecular weight excluding hydrogens is 262 g/mol. The van der Waals surface area contributed by atoms with Crippen molar-refractivity contribution in [3.63, 3.8) is 0 Å². The van der Waals surface area contributed by atoms with Gasteiger partial charge >= 0.3 is 0 Å². The van der Waals surface area contributed by atoms with Crippen molar-refractivity contribution in [1.29, 1.82) is 0 Å². The summed E-state index contributed by atoms with van der Waals surface area (Å²) in [6, 6.07) is 0. The van der Waals surface area contributed by atoms with E-state index >= 15 is 0 Å². The Morgan fingerprint density at radius 1 is 1.37 bits per heavy atom. The molecular formula is C12H17N5OS. The van der Waals surface area contributed by atoms with Crippen molar-refractivity contribution >= 4 is 16.3 Å². The minimum absolute atomic E-state index is 0.0732. The fourth-order valence-electron chi connectivity index (χ4n) is 2.92. The Morgan fingerprint density at radius 2 is 2.32 bits per heavy atom. The molecule has 0 amide bonds. The van der Waals surface area contributed by atoms with Gasteiger partial charge in [-0.1, -0.05) is 18.3 Å². The fraction of sp³-hybridized carbons (Fsp3) is 0.750. The highest BCUT2D eigenvalue weighted by atomic mass is 32.1. The van der Waals surface area contributed by atoms with Crippen LogP contribution in [0.25, 0.3) is 4.96 Å². The van der Waals surface area contributed by atoms with E-state index in [9.17, 15) is 0 Å². The van der Waals surface area contributed by atoms with Gasteiger partial charge < -0.3 is 10.1 Å². The molecule has 0 aromatic carbocycles. The molecule has 1 N–H and O–H groups in total. The van der Waals surface area contributed by atoms with E-state index in [1.807, 2.05) is 4.52 Å². The molecule has 2 aliphatic rings. The van der Waals surface area contributed by atoms with Crippen molar-refractivity contribution in [3.05, 3.63) is 10.8 Å².